The largest absolute Gasteiger partial charge is 0.489 e. The zero-order valence-electron chi connectivity index (χ0n) is 19.1. The van der Waals surface area contributed by atoms with Gasteiger partial charge in [0, 0.05) is 17.0 Å². The molecule has 0 aromatic heterocycles. The van der Waals surface area contributed by atoms with Crippen molar-refractivity contribution in [3.63, 3.8) is 0 Å². The van der Waals surface area contributed by atoms with Crippen LogP contribution in [0.2, 0.25) is 5.02 Å². The number of aliphatic carboxylic acids is 1. The minimum absolute atomic E-state index is 0.101. The van der Waals surface area contributed by atoms with E-state index in [4.69, 9.17) is 21.1 Å². The van der Waals surface area contributed by atoms with Crippen LogP contribution in [0.4, 0.5) is 4.39 Å². The second-order valence-corrected chi connectivity index (χ2v) is 8.56. The lowest BCUT2D eigenvalue weighted by molar-refractivity contribution is -0.142. The topological polar surface area (TPSA) is 84.9 Å². The van der Waals surface area contributed by atoms with Gasteiger partial charge in [-0.15, -0.1) is 0 Å². The molecule has 184 valence electrons. The Hall–Kier alpha value is -4.10. The number of fused-ring (bicyclic) bond motifs is 1. The van der Waals surface area contributed by atoms with Crippen molar-refractivity contribution >= 4 is 34.2 Å². The number of carboxylic acids is 1. The highest BCUT2D eigenvalue weighted by atomic mass is 35.5. The maximum atomic E-state index is 13.8. The predicted octanol–water partition coefficient (Wildman–Crippen LogP) is 5.40. The molecule has 2 N–H and O–H groups in total. The molecule has 0 bridgehead atoms. The maximum absolute atomic E-state index is 13.8. The molecule has 4 aromatic carbocycles. The molecule has 6 nitrogen and oxygen atoms in total. The highest BCUT2D eigenvalue weighted by molar-refractivity contribution is 6.30. The van der Waals surface area contributed by atoms with Gasteiger partial charge >= 0.3 is 5.97 Å². The van der Waals surface area contributed by atoms with E-state index in [1.54, 1.807) is 54.6 Å². The molecule has 0 aliphatic rings. The quantitative estimate of drug-likeness (QED) is 0.300. The van der Waals surface area contributed by atoms with Gasteiger partial charge in [-0.25, -0.2) is 9.18 Å². The number of halogens is 2. The molecule has 0 saturated carbocycles. The van der Waals surface area contributed by atoms with Crippen LogP contribution in [-0.2, 0) is 22.6 Å². The third kappa shape index (κ3) is 6.73. The Kier molecular flexibility index (Phi) is 8.02. The molecule has 0 aliphatic heterocycles. The van der Waals surface area contributed by atoms with Crippen molar-refractivity contribution in [3.8, 4) is 11.5 Å². The number of carbonyl (C=O) groups excluding carboxylic acids is 1. The summed E-state index contributed by atoms with van der Waals surface area (Å²) in [4.78, 5) is 24.0. The van der Waals surface area contributed by atoms with Crippen LogP contribution < -0.4 is 14.8 Å². The van der Waals surface area contributed by atoms with E-state index in [2.05, 4.69) is 5.32 Å². The van der Waals surface area contributed by atoms with E-state index in [1.807, 2.05) is 24.3 Å². The summed E-state index contributed by atoms with van der Waals surface area (Å²) in [6, 6.07) is 22.8. The van der Waals surface area contributed by atoms with Crippen LogP contribution in [0.5, 0.6) is 11.5 Å². The average molecular weight is 508 g/mol. The number of hydrogen-bond donors (Lipinski definition) is 2. The highest BCUT2D eigenvalue weighted by Crippen LogP contribution is 2.24. The molecule has 1 atom stereocenters. The van der Waals surface area contributed by atoms with E-state index < -0.39 is 17.9 Å². The van der Waals surface area contributed by atoms with Gasteiger partial charge in [-0.05, 0) is 58.8 Å². The number of ether oxygens (including phenoxy) is 2. The summed E-state index contributed by atoms with van der Waals surface area (Å²) < 4.78 is 24.9. The first-order valence-electron chi connectivity index (χ1n) is 11.2. The molecular formula is C28H23ClFNO5. The van der Waals surface area contributed by atoms with Gasteiger partial charge in [-0.1, -0.05) is 54.1 Å². The van der Waals surface area contributed by atoms with E-state index in [-0.39, 0.29) is 25.5 Å². The van der Waals surface area contributed by atoms with Crippen LogP contribution in [0, 0.1) is 5.82 Å². The fraction of sp³-hybridized carbons (Fsp3) is 0.143. The van der Waals surface area contributed by atoms with Crippen LogP contribution >= 0.6 is 11.6 Å². The fourth-order valence-corrected chi connectivity index (χ4v) is 3.74. The van der Waals surface area contributed by atoms with Gasteiger partial charge in [0.25, 0.3) is 5.91 Å². The summed E-state index contributed by atoms with van der Waals surface area (Å²) in [6.07, 6.45) is 0.101. The van der Waals surface area contributed by atoms with E-state index in [0.29, 0.717) is 22.1 Å². The Morgan fingerprint density at radius 1 is 0.889 bits per heavy atom. The van der Waals surface area contributed by atoms with E-state index in [1.165, 1.54) is 6.07 Å². The normalized spacial score (nSPS) is 11.6. The summed E-state index contributed by atoms with van der Waals surface area (Å²) in [5.41, 5.74) is 1.21. The zero-order valence-corrected chi connectivity index (χ0v) is 19.9. The predicted molar refractivity (Wildman–Crippen MR) is 135 cm³/mol. The van der Waals surface area contributed by atoms with Gasteiger partial charge < -0.3 is 19.9 Å². The van der Waals surface area contributed by atoms with Crippen molar-refractivity contribution in [3.05, 3.63) is 107 Å². The number of rotatable bonds is 10. The lowest BCUT2D eigenvalue weighted by Gasteiger charge is -2.16. The minimum Gasteiger partial charge on any atom is -0.489 e. The number of carbonyl (C=O) groups is 2. The third-order valence-corrected chi connectivity index (χ3v) is 5.74. The summed E-state index contributed by atoms with van der Waals surface area (Å²) in [5, 5.41) is 14.4. The number of benzene rings is 4. The number of hydrogen-bond acceptors (Lipinski definition) is 4. The van der Waals surface area contributed by atoms with Gasteiger partial charge in [-0.3, -0.25) is 4.79 Å². The Labute approximate surface area is 212 Å². The minimum atomic E-state index is -1.15. The second-order valence-electron chi connectivity index (χ2n) is 8.13. The van der Waals surface area contributed by atoms with E-state index in [0.717, 1.165) is 16.3 Å². The van der Waals surface area contributed by atoms with Gasteiger partial charge in [0.05, 0.1) is 0 Å². The van der Waals surface area contributed by atoms with Gasteiger partial charge in [0.2, 0.25) is 0 Å². The Bertz CT molecular complexity index is 1380. The van der Waals surface area contributed by atoms with Crippen LogP contribution in [0.25, 0.3) is 10.8 Å². The monoisotopic (exact) mass is 507 g/mol. The molecule has 1 amide bonds. The standard InChI is InChI=1S/C28H23ClFNO5/c29-22-8-11-23(12-9-22)36-17-27(32)31-26(28(33)34)14-18-5-6-20-15-24(10-7-19(20)13-18)35-16-21-3-1-2-4-25(21)30/h1-13,15,26H,14,16-17H2,(H,31,32)(H,33,34). The number of nitrogens with one attached hydrogen (secondary N) is 1. The molecular weight excluding hydrogens is 485 g/mol. The van der Waals surface area contributed by atoms with Crippen molar-refractivity contribution in [2.24, 2.45) is 0 Å². The molecule has 8 heteroatoms. The first-order valence-corrected chi connectivity index (χ1v) is 11.5. The molecule has 1 unspecified atom stereocenters. The van der Waals surface area contributed by atoms with Crippen molar-refractivity contribution in [1.29, 1.82) is 0 Å². The number of amides is 1. The first kappa shape index (κ1) is 25.0. The lowest BCUT2D eigenvalue weighted by Crippen LogP contribution is -2.44. The Morgan fingerprint density at radius 2 is 1.58 bits per heavy atom. The van der Waals surface area contributed by atoms with Crippen molar-refractivity contribution in [1.82, 2.24) is 5.32 Å². The molecule has 0 radical (unpaired) electrons. The first-order chi connectivity index (χ1) is 17.4. The summed E-state index contributed by atoms with van der Waals surface area (Å²) >= 11 is 5.82. The van der Waals surface area contributed by atoms with Crippen LogP contribution in [-0.4, -0.2) is 29.6 Å². The zero-order chi connectivity index (χ0) is 25.5. The molecule has 0 fully saturated rings. The van der Waals surface area contributed by atoms with E-state index in [9.17, 15) is 19.1 Å². The SMILES string of the molecule is O=C(COc1ccc(Cl)cc1)NC(Cc1ccc2cc(OCc3ccccc3F)ccc2c1)C(=O)O. The van der Waals surface area contributed by atoms with Crippen LogP contribution in [0.3, 0.4) is 0 Å². The third-order valence-electron chi connectivity index (χ3n) is 5.49. The fourth-order valence-electron chi connectivity index (χ4n) is 3.62. The van der Waals surface area contributed by atoms with Gasteiger partial charge in [0.15, 0.2) is 6.61 Å². The van der Waals surface area contributed by atoms with E-state index >= 15 is 0 Å². The maximum Gasteiger partial charge on any atom is 0.326 e. The highest BCUT2D eigenvalue weighted by Gasteiger charge is 2.21. The van der Waals surface area contributed by atoms with Crippen LogP contribution in [0.15, 0.2) is 84.9 Å². The Balaban J connectivity index is 1.37. The van der Waals surface area contributed by atoms with Gasteiger partial charge in [0.1, 0.15) is 30.0 Å². The Morgan fingerprint density at radius 3 is 2.33 bits per heavy atom. The molecule has 36 heavy (non-hydrogen) atoms. The summed E-state index contributed by atoms with van der Waals surface area (Å²) in [7, 11) is 0. The molecule has 0 heterocycles. The summed E-state index contributed by atoms with van der Waals surface area (Å²) in [6.45, 7) is -0.212. The molecule has 4 aromatic rings. The van der Waals surface area contributed by atoms with Crippen LogP contribution in [0.1, 0.15) is 11.1 Å². The van der Waals surface area contributed by atoms with Gasteiger partial charge in [-0.2, -0.15) is 0 Å². The van der Waals surface area contributed by atoms with Crippen molar-refractivity contribution in [2.45, 2.75) is 19.1 Å². The molecule has 0 saturated heterocycles. The van der Waals surface area contributed by atoms with Crippen molar-refractivity contribution < 1.29 is 28.6 Å². The lowest BCUT2D eigenvalue weighted by atomic mass is 10.0. The van der Waals surface area contributed by atoms with Crippen molar-refractivity contribution in [2.75, 3.05) is 6.61 Å². The molecule has 0 aliphatic carbocycles. The smallest absolute Gasteiger partial charge is 0.326 e. The molecule has 4 rings (SSSR count). The number of carboxylic acid groups (broad SMARTS) is 1. The summed E-state index contributed by atoms with van der Waals surface area (Å²) in [5.74, 6) is -0.968. The second kappa shape index (κ2) is 11.6. The average Bonchev–Trinajstić information content (AvgIpc) is 2.87. The molecule has 0 spiro atoms.